The molecule has 0 amide bonds. The van der Waals surface area contributed by atoms with Crippen LogP contribution in [0.15, 0.2) is 22.6 Å². The molecule has 0 bridgehead atoms. The SMILES string of the molecule is CCC(CCO)Nc1nc2ccc([N+](=O)[O-])cc2o1. The maximum Gasteiger partial charge on any atom is 0.295 e. The largest absolute Gasteiger partial charge is 0.423 e. The predicted octanol–water partition coefficient (Wildman–Crippen LogP) is 2.31. The van der Waals surface area contributed by atoms with E-state index in [1.165, 1.54) is 12.1 Å². The average Bonchev–Trinajstić information content (AvgIpc) is 2.79. The molecule has 2 aromatic rings. The van der Waals surface area contributed by atoms with Gasteiger partial charge in [-0.05, 0) is 18.9 Å². The molecule has 1 atom stereocenters. The fourth-order valence-electron chi connectivity index (χ4n) is 1.80. The van der Waals surface area contributed by atoms with E-state index in [2.05, 4.69) is 10.3 Å². The van der Waals surface area contributed by atoms with Crippen molar-refractivity contribution >= 4 is 22.8 Å². The van der Waals surface area contributed by atoms with Gasteiger partial charge in [-0.3, -0.25) is 10.1 Å². The average molecular weight is 265 g/mol. The highest BCUT2D eigenvalue weighted by Crippen LogP contribution is 2.24. The molecule has 0 aliphatic rings. The first kappa shape index (κ1) is 13.3. The van der Waals surface area contributed by atoms with E-state index in [1.807, 2.05) is 6.92 Å². The van der Waals surface area contributed by atoms with Gasteiger partial charge in [0.2, 0.25) is 0 Å². The zero-order valence-corrected chi connectivity index (χ0v) is 10.5. The van der Waals surface area contributed by atoms with Crippen molar-refractivity contribution in [2.75, 3.05) is 11.9 Å². The van der Waals surface area contributed by atoms with Crippen LogP contribution in [0.25, 0.3) is 11.1 Å². The van der Waals surface area contributed by atoms with Crippen LogP contribution in [0.1, 0.15) is 19.8 Å². The Hall–Kier alpha value is -2.15. The van der Waals surface area contributed by atoms with Crippen LogP contribution < -0.4 is 5.32 Å². The van der Waals surface area contributed by atoms with E-state index in [1.54, 1.807) is 6.07 Å². The van der Waals surface area contributed by atoms with Crippen LogP contribution in [-0.4, -0.2) is 27.7 Å². The summed E-state index contributed by atoms with van der Waals surface area (Å²) in [6.45, 7) is 2.07. The summed E-state index contributed by atoms with van der Waals surface area (Å²) in [6.07, 6.45) is 1.41. The lowest BCUT2D eigenvalue weighted by Gasteiger charge is -2.13. The van der Waals surface area contributed by atoms with Crippen LogP contribution in [0, 0.1) is 10.1 Å². The molecule has 0 saturated heterocycles. The van der Waals surface area contributed by atoms with Crippen LogP contribution in [0.2, 0.25) is 0 Å². The molecule has 0 spiro atoms. The minimum Gasteiger partial charge on any atom is -0.423 e. The summed E-state index contributed by atoms with van der Waals surface area (Å²) in [6, 6.07) is 4.67. The molecule has 19 heavy (non-hydrogen) atoms. The Morgan fingerprint density at radius 2 is 2.37 bits per heavy atom. The standard InChI is InChI=1S/C12H15N3O4/c1-2-8(5-6-16)13-12-14-10-4-3-9(15(17)18)7-11(10)19-12/h3-4,7-8,16H,2,5-6H2,1H3,(H,13,14). The number of nitrogens with one attached hydrogen (secondary N) is 1. The number of nitro groups is 1. The normalized spacial score (nSPS) is 12.5. The molecule has 7 heteroatoms. The van der Waals surface area contributed by atoms with Crippen molar-refractivity contribution in [3.63, 3.8) is 0 Å². The fraction of sp³-hybridized carbons (Fsp3) is 0.417. The smallest absolute Gasteiger partial charge is 0.295 e. The number of aromatic nitrogens is 1. The number of aliphatic hydroxyl groups is 1. The number of aliphatic hydroxyl groups excluding tert-OH is 1. The van der Waals surface area contributed by atoms with Crippen molar-refractivity contribution in [1.29, 1.82) is 0 Å². The number of anilines is 1. The molecule has 1 aromatic heterocycles. The Morgan fingerprint density at radius 1 is 1.58 bits per heavy atom. The van der Waals surface area contributed by atoms with Crippen LogP contribution in [-0.2, 0) is 0 Å². The van der Waals surface area contributed by atoms with Gasteiger partial charge in [-0.25, -0.2) is 0 Å². The van der Waals surface area contributed by atoms with Crippen LogP contribution in [0.3, 0.4) is 0 Å². The van der Waals surface area contributed by atoms with Gasteiger partial charge >= 0.3 is 0 Å². The Labute approximate surface area is 109 Å². The number of non-ortho nitro benzene ring substituents is 1. The molecule has 7 nitrogen and oxygen atoms in total. The third-order valence-corrected chi connectivity index (χ3v) is 2.88. The Bertz CT molecular complexity index is 581. The maximum atomic E-state index is 10.7. The van der Waals surface area contributed by atoms with E-state index in [-0.39, 0.29) is 18.3 Å². The molecule has 0 radical (unpaired) electrons. The number of oxazole rings is 1. The van der Waals surface area contributed by atoms with Crippen LogP contribution >= 0.6 is 0 Å². The third kappa shape index (κ3) is 3.00. The highest BCUT2D eigenvalue weighted by molar-refractivity contribution is 5.77. The van der Waals surface area contributed by atoms with Crippen molar-refractivity contribution in [2.45, 2.75) is 25.8 Å². The van der Waals surface area contributed by atoms with E-state index >= 15 is 0 Å². The van der Waals surface area contributed by atoms with Gasteiger partial charge in [-0.15, -0.1) is 0 Å². The number of rotatable bonds is 6. The first-order valence-corrected chi connectivity index (χ1v) is 6.06. The van der Waals surface area contributed by atoms with Gasteiger partial charge in [0.25, 0.3) is 11.7 Å². The van der Waals surface area contributed by atoms with Crippen molar-refractivity contribution in [2.24, 2.45) is 0 Å². The van der Waals surface area contributed by atoms with Gasteiger partial charge in [0.05, 0.1) is 11.0 Å². The zero-order valence-electron chi connectivity index (χ0n) is 10.5. The van der Waals surface area contributed by atoms with E-state index in [0.717, 1.165) is 6.42 Å². The van der Waals surface area contributed by atoms with Crippen molar-refractivity contribution in [1.82, 2.24) is 4.98 Å². The number of nitrogens with zero attached hydrogens (tertiary/aromatic N) is 2. The second-order valence-corrected chi connectivity index (χ2v) is 4.19. The molecule has 1 unspecified atom stereocenters. The molecule has 0 saturated carbocycles. The molecule has 102 valence electrons. The summed E-state index contributed by atoms with van der Waals surface area (Å²) < 4.78 is 5.43. The minimum absolute atomic E-state index is 0.0300. The summed E-state index contributed by atoms with van der Waals surface area (Å²) in [5, 5.41) is 22.6. The van der Waals surface area contributed by atoms with E-state index < -0.39 is 4.92 Å². The zero-order chi connectivity index (χ0) is 13.8. The Morgan fingerprint density at radius 3 is 3.00 bits per heavy atom. The van der Waals surface area contributed by atoms with E-state index in [4.69, 9.17) is 9.52 Å². The lowest BCUT2D eigenvalue weighted by atomic mass is 10.2. The topological polar surface area (TPSA) is 101 Å². The molecule has 0 aliphatic heterocycles. The summed E-state index contributed by atoms with van der Waals surface area (Å²) in [5.41, 5.74) is 0.903. The number of hydrogen-bond donors (Lipinski definition) is 2. The first-order valence-electron chi connectivity index (χ1n) is 6.06. The minimum atomic E-state index is -0.477. The molecule has 0 fully saturated rings. The predicted molar refractivity (Wildman–Crippen MR) is 70.1 cm³/mol. The van der Waals surface area contributed by atoms with E-state index in [0.29, 0.717) is 23.5 Å². The third-order valence-electron chi connectivity index (χ3n) is 2.88. The lowest BCUT2D eigenvalue weighted by molar-refractivity contribution is -0.384. The first-order chi connectivity index (χ1) is 9.13. The maximum absolute atomic E-state index is 10.7. The second-order valence-electron chi connectivity index (χ2n) is 4.19. The van der Waals surface area contributed by atoms with Gasteiger partial charge in [-0.2, -0.15) is 4.98 Å². The Kier molecular flexibility index (Phi) is 3.96. The molecule has 2 rings (SSSR count). The molecular formula is C12H15N3O4. The molecule has 1 heterocycles. The molecule has 2 N–H and O–H groups in total. The number of hydrogen-bond acceptors (Lipinski definition) is 6. The summed E-state index contributed by atoms with van der Waals surface area (Å²) in [7, 11) is 0. The van der Waals surface area contributed by atoms with Crippen LogP contribution in [0.4, 0.5) is 11.7 Å². The molecular weight excluding hydrogens is 250 g/mol. The summed E-state index contributed by atoms with van der Waals surface area (Å²) in [4.78, 5) is 14.4. The highest BCUT2D eigenvalue weighted by Gasteiger charge is 2.13. The highest BCUT2D eigenvalue weighted by atomic mass is 16.6. The van der Waals surface area contributed by atoms with Gasteiger partial charge in [0.1, 0.15) is 5.52 Å². The Balaban J connectivity index is 2.23. The monoisotopic (exact) mass is 265 g/mol. The van der Waals surface area contributed by atoms with Gasteiger partial charge in [0, 0.05) is 18.7 Å². The van der Waals surface area contributed by atoms with E-state index in [9.17, 15) is 10.1 Å². The molecule has 0 aliphatic carbocycles. The second kappa shape index (κ2) is 5.66. The van der Waals surface area contributed by atoms with Gasteiger partial charge < -0.3 is 14.8 Å². The fourth-order valence-corrected chi connectivity index (χ4v) is 1.80. The lowest BCUT2D eigenvalue weighted by Crippen LogP contribution is -2.19. The summed E-state index contributed by atoms with van der Waals surface area (Å²) in [5.74, 6) is 0. The number of nitro benzene ring substituents is 1. The van der Waals surface area contributed by atoms with Crippen molar-refractivity contribution in [3.05, 3.63) is 28.3 Å². The van der Waals surface area contributed by atoms with Crippen molar-refractivity contribution < 1.29 is 14.4 Å². The molecule has 1 aromatic carbocycles. The number of fused-ring (bicyclic) bond motifs is 1. The van der Waals surface area contributed by atoms with Gasteiger partial charge in [0.15, 0.2) is 5.58 Å². The van der Waals surface area contributed by atoms with Crippen LogP contribution in [0.5, 0.6) is 0 Å². The van der Waals surface area contributed by atoms with Crippen molar-refractivity contribution in [3.8, 4) is 0 Å². The quantitative estimate of drug-likeness (QED) is 0.613. The number of benzene rings is 1. The summed E-state index contributed by atoms with van der Waals surface area (Å²) >= 11 is 0. The van der Waals surface area contributed by atoms with Gasteiger partial charge in [-0.1, -0.05) is 6.92 Å².